The zero-order valence-electron chi connectivity index (χ0n) is 14.4. The molecule has 1 atom stereocenters. The molecule has 0 spiro atoms. The summed E-state index contributed by atoms with van der Waals surface area (Å²) in [5, 5.41) is 13.0. The lowest BCUT2D eigenvalue weighted by Crippen LogP contribution is -2.41. The molecule has 1 unspecified atom stereocenters. The highest BCUT2D eigenvalue weighted by molar-refractivity contribution is 8.15. The third kappa shape index (κ3) is 4.60. The van der Waals surface area contributed by atoms with E-state index in [1.165, 1.54) is 24.2 Å². The van der Waals surface area contributed by atoms with Crippen LogP contribution in [-0.4, -0.2) is 28.4 Å². The van der Waals surface area contributed by atoms with Gasteiger partial charge in [0, 0.05) is 12.1 Å². The first-order valence-electron chi connectivity index (χ1n) is 8.00. The molecule has 1 saturated heterocycles. The lowest BCUT2D eigenvalue weighted by Gasteiger charge is -2.21. The number of hydrogen-bond acceptors (Lipinski definition) is 6. The van der Waals surface area contributed by atoms with Gasteiger partial charge < -0.3 is 15.1 Å². The molecule has 1 aliphatic rings. The third-order valence-corrected chi connectivity index (χ3v) is 4.89. The Labute approximate surface area is 155 Å². The maximum Gasteiger partial charge on any atom is 0.238 e. The number of thioether (sulfide) groups is 1. The van der Waals surface area contributed by atoms with Gasteiger partial charge in [-0.25, -0.2) is 0 Å². The molecule has 0 bridgehead atoms. The van der Waals surface area contributed by atoms with E-state index >= 15 is 0 Å². The molecule has 1 fully saturated rings. The van der Waals surface area contributed by atoms with Crippen LogP contribution in [0.3, 0.4) is 0 Å². The summed E-state index contributed by atoms with van der Waals surface area (Å²) >= 11 is 1.17. The SMILES string of the molecule is Cc1ccc(NC(=O)C2CC(=O)N/C(=N\N=C/c3ccco3)S2)cc1C. The fourth-order valence-corrected chi connectivity index (χ4v) is 3.22. The number of carbonyl (C=O) groups excluding carboxylic acids is 2. The zero-order valence-corrected chi connectivity index (χ0v) is 15.2. The minimum Gasteiger partial charge on any atom is -0.463 e. The van der Waals surface area contributed by atoms with Crippen molar-refractivity contribution in [3.63, 3.8) is 0 Å². The number of carbonyl (C=O) groups is 2. The van der Waals surface area contributed by atoms with Crippen LogP contribution in [0.5, 0.6) is 0 Å². The van der Waals surface area contributed by atoms with Crippen molar-refractivity contribution in [2.75, 3.05) is 5.32 Å². The summed E-state index contributed by atoms with van der Waals surface area (Å²) in [4.78, 5) is 24.4. The Morgan fingerprint density at radius 1 is 1.35 bits per heavy atom. The van der Waals surface area contributed by atoms with E-state index in [1.54, 1.807) is 12.1 Å². The molecule has 8 heteroatoms. The van der Waals surface area contributed by atoms with Gasteiger partial charge in [0.1, 0.15) is 11.0 Å². The van der Waals surface area contributed by atoms with Gasteiger partial charge >= 0.3 is 0 Å². The van der Waals surface area contributed by atoms with Crippen LogP contribution >= 0.6 is 11.8 Å². The first-order chi connectivity index (χ1) is 12.5. The summed E-state index contributed by atoms with van der Waals surface area (Å²) in [6.45, 7) is 3.99. The van der Waals surface area contributed by atoms with E-state index < -0.39 is 5.25 Å². The van der Waals surface area contributed by atoms with Gasteiger partial charge in [0.2, 0.25) is 11.8 Å². The molecule has 2 amide bonds. The Bertz CT molecular complexity index is 875. The molecule has 26 heavy (non-hydrogen) atoms. The molecular weight excluding hydrogens is 352 g/mol. The number of nitrogens with zero attached hydrogens (tertiary/aromatic N) is 2. The number of aryl methyl sites for hydroxylation is 2. The summed E-state index contributed by atoms with van der Waals surface area (Å²) in [6.07, 6.45) is 3.04. The molecular formula is C18H18N4O3S. The Hall–Kier alpha value is -2.87. The number of amides is 2. The van der Waals surface area contributed by atoms with Gasteiger partial charge in [0.05, 0.1) is 12.5 Å². The highest BCUT2D eigenvalue weighted by Gasteiger charge is 2.30. The van der Waals surface area contributed by atoms with Gasteiger partial charge in [-0.15, -0.1) is 5.10 Å². The van der Waals surface area contributed by atoms with Crippen LogP contribution in [0, 0.1) is 13.8 Å². The first kappa shape index (κ1) is 17.9. The Morgan fingerprint density at radius 2 is 2.19 bits per heavy atom. The van der Waals surface area contributed by atoms with Gasteiger partial charge in [0.15, 0.2) is 5.17 Å². The van der Waals surface area contributed by atoms with Gasteiger partial charge in [0.25, 0.3) is 0 Å². The molecule has 0 aliphatic carbocycles. The second kappa shape index (κ2) is 8.01. The molecule has 3 rings (SSSR count). The van der Waals surface area contributed by atoms with E-state index in [0.29, 0.717) is 11.4 Å². The van der Waals surface area contributed by atoms with Crippen LogP contribution in [0.25, 0.3) is 0 Å². The van der Waals surface area contributed by atoms with Gasteiger partial charge in [-0.05, 0) is 49.2 Å². The van der Waals surface area contributed by atoms with E-state index in [9.17, 15) is 9.59 Å². The second-order valence-corrected chi connectivity index (χ2v) is 7.00. The monoisotopic (exact) mass is 370 g/mol. The van der Waals surface area contributed by atoms with Crippen LogP contribution < -0.4 is 10.6 Å². The van der Waals surface area contributed by atoms with Crippen molar-refractivity contribution < 1.29 is 14.0 Å². The van der Waals surface area contributed by atoms with Crippen molar-refractivity contribution in [3.8, 4) is 0 Å². The molecule has 0 saturated carbocycles. The summed E-state index contributed by atoms with van der Waals surface area (Å²) in [5.41, 5.74) is 2.95. The normalized spacial score (nSPS) is 18.9. The number of hydrogen-bond donors (Lipinski definition) is 2. The largest absolute Gasteiger partial charge is 0.463 e. The molecule has 2 aromatic rings. The van der Waals surface area contributed by atoms with Gasteiger partial charge in [-0.1, -0.05) is 17.8 Å². The Balaban J connectivity index is 1.66. The minimum absolute atomic E-state index is 0.0856. The minimum atomic E-state index is -0.567. The second-order valence-electron chi connectivity index (χ2n) is 5.81. The Kier molecular flexibility index (Phi) is 5.52. The maximum atomic E-state index is 12.5. The fraction of sp³-hybridized carbons (Fsp3) is 0.222. The van der Waals surface area contributed by atoms with Crippen molar-refractivity contribution in [2.24, 2.45) is 10.2 Å². The molecule has 2 N–H and O–H groups in total. The molecule has 2 heterocycles. The van der Waals surface area contributed by atoms with Crippen molar-refractivity contribution in [1.82, 2.24) is 5.32 Å². The van der Waals surface area contributed by atoms with Crippen LogP contribution in [-0.2, 0) is 9.59 Å². The van der Waals surface area contributed by atoms with Crippen molar-refractivity contribution in [1.29, 1.82) is 0 Å². The van der Waals surface area contributed by atoms with Crippen molar-refractivity contribution >= 4 is 40.6 Å². The number of furan rings is 1. The van der Waals surface area contributed by atoms with Crippen LogP contribution in [0.15, 0.2) is 51.2 Å². The summed E-state index contributed by atoms with van der Waals surface area (Å²) in [7, 11) is 0. The number of amidine groups is 1. The molecule has 0 radical (unpaired) electrons. The van der Waals surface area contributed by atoms with Crippen molar-refractivity contribution in [3.05, 3.63) is 53.5 Å². The van der Waals surface area contributed by atoms with E-state index in [4.69, 9.17) is 4.42 Å². The summed E-state index contributed by atoms with van der Waals surface area (Å²) < 4.78 is 5.11. The standard InChI is InChI=1S/C18H18N4O3S/c1-11-5-6-13(8-12(11)2)20-17(24)15-9-16(23)21-18(26-15)22-19-10-14-4-3-7-25-14/h3-8,10,15H,9H2,1-2H3,(H,20,24)(H,21,22,23)/b19-10-. The van der Waals surface area contributed by atoms with Crippen LogP contribution in [0.1, 0.15) is 23.3 Å². The molecule has 7 nitrogen and oxygen atoms in total. The average Bonchev–Trinajstić information content (AvgIpc) is 3.11. The summed E-state index contributed by atoms with van der Waals surface area (Å²) in [5.74, 6) is 0.0391. The molecule has 134 valence electrons. The van der Waals surface area contributed by atoms with Gasteiger partial charge in [-0.2, -0.15) is 5.10 Å². The van der Waals surface area contributed by atoms with Gasteiger partial charge in [-0.3, -0.25) is 9.59 Å². The highest BCUT2D eigenvalue weighted by Crippen LogP contribution is 2.23. The van der Waals surface area contributed by atoms with E-state index in [2.05, 4.69) is 20.8 Å². The molecule has 1 aromatic carbocycles. The third-order valence-electron chi connectivity index (χ3n) is 3.81. The number of benzene rings is 1. The highest BCUT2D eigenvalue weighted by atomic mass is 32.2. The smallest absolute Gasteiger partial charge is 0.238 e. The zero-order chi connectivity index (χ0) is 18.5. The predicted octanol–water partition coefficient (Wildman–Crippen LogP) is 2.85. The Morgan fingerprint density at radius 3 is 2.92 bits per heavy atom. The molecule has 1 aliphatic heterocycles. The first-order valence-corrected chi connectivity index (χ1v) is 8.88. The lowest BCUT2D eigenvalue weighted by atomic mass is 10.1. The van der Waals surface area contributed by atoms with Crippen LogP contribution in [0.4, 0.5) is 5.69 Å². The molecule has 1 aromatic heterocycles. The maximum absolute atomic E-state index is 12.5. The number of rotatable bonds is 4. The number of nitrogens with one attached hydrogen (secondary N) is 2. The number of anilines is 1. The van der Waals surface area contributed by atoms with E-state index in [1.807, 2.05) is 32.0 Å². The quantitative estimate of drug-likeness (QED) is 0.639. The van der Waals surface area contributed by atoms with Crippen molar-refractivity contribution in [2.45, 2.75) is 25.5 Å². The van der Waals surface area contributed by atoms with Crippen LogP contribution in [0.2, 0.25) is 0 Å². The van der Waals surface area contributed by atoms with E-state index in [0.717, 1.165) is 11.1 Å². The summed E-state index contributed by atoms with van der Waals surface area (Å²) in [6, 6.07) is 9.16. The fourth-order valence-electron chi connectivity index (χ4n) is 2.28. The average molecular weight is 370 g/mol. The topological polar surface area (TPSA) is 96.1 Å². The predicted molar refractivity (Wildman–Crippen MR) is 102 cm³/mol. The van der Waals surface area contributed by atoms with E-state index in [-0.39, 0.29) is 23.4 Å². The lowest BCUT2D eigenvalue weighted by molar-refractivity contribution is -0.123.